The van der Waals surface area contributed by atoms with Gasteiger partial charge in [0, 0.05) is 37.6 Å². The first kappa shape index (κ1) is 13.9. The fourth-order valence-electron chi connectivity index (χ4n) is 2.97. The van der Waals surface area contributed by atoms with Gasteiger partial charge in [-0.3, -0.25) is 4.79 Å². The molecule has 2 aliphatic heterocycles. The third-order valence-electron chi connectivity index (χ3n) is 4.18. The smallest absolute Gasteiger partial charge is 0.331 e. The Bertz CT molecular complexity index is 567. The Morgan fingerprint density at radius 2 is 2.24 bits per heavy atom. The maximum atomic E-state index is 12.2. The molecule has 3 rings (SSSR count). The molecule has 1 aromatic carbocycles. The molecule has 1 fully saturated rings. The summed E-state index contributed by atoms with van der Waals surface area (Å²) in [5, 5.41) is 15.2. The number of amides is 1. The van der Waals surface area contributed by atoms with Crippen LogP contribution >= 0.6 is 0 Å². The molecule has 1 aromatic rings. The molecule has 21 heavy (non-hydrogen) atoms. The van der Waals surface area contributed by atoms with Crippen molar-refractivity contribution >= 4 is 17.6 Å². The fraction of sp³-hybridized carbons (Fsp3) is 0.467. The van der Waals surface area contributed by atoms with Crippen molar-refractivity contribution in [1.29, 1.82) is 0 Å². The molecule has 1 saturated heterocycles. The molecule has 6 heteroatoms. The van der Waals surface area contributed by atoms with E-state index in [2.05, 4.69) is 10.6 Å². The van der Waals surface area contributed by atoms with E-state index in [0.717, 1.165) is 11.3 Å². The van der Waals surface area contributed by atoms with Gasteiger partial charge in [-0.1, -0.05) is 18.2 Å². The van der Waals surface area contributed by atoms with Crippen molar-refractivity contribution in [2.45, 2.75) is 24.3 Å². The third kappa shape index (κ3) is 2.58. The number of carbonyl (C=O) groups is 2. The zero-order valence-corrected chi connectivity index (χ0v) is 11.6. The van der Waals surface area contributed by atoms with E-state index in [1.807, 2.05) is 24.3 Å². The summed E-state index contributed by atoms with van der Waals surface area (Å²) in [6.45, 7) is 1.09. The molecular weight excluding hydrogens is 272 g/mol. The van der Waals surface area contributed by atoms with Gasteiger partial charge in [0.25, 0.3) is 0 Å². The molecule has 2 unspecified atom stereocenters. The number of para-hydroxylation sites is 1. The third-order valence-corrected chi connectivity index (χ3v) is 4.18. The number of aliphatic carboxylic acids is 1. The summed E-state index contributed by atoms with van der Waals surface area (Å²) in [4.78, 5) is 23.6. The van der Waals surface area contributed by atoms with Crippen LogP contribution in [0.1, 0.15) is 24.3 Å². The van der Waals surface area contributed by atoms with Gasteiger partial charge in [0.2, 0.25) is 5.91 Å². The van der Waals surface area contributed by atoms with Gasteiger partial charge >= 0.3 is 5.97 Å². The van der Waals surface area contributed by atoms with Crippen molar-refractivity contribution in [3.63, 3.8) is 0 Å². The van der Waals surface area contributed by atoms with Gasteiger partial charge in [0.15, 0.2) is 5.54 Å². The van der Waals surface area contributed by atoms with Crippen LogP contribution in [0.3, 0.4) is 0 Å². The Kier molecular flexibility index (Phi) is 3.55. The highest BCUT2D eigenvalue weighted by atomic mass is 16.5. The molecule has 1 amide bonds. The molecule has 0 radical (unpaired) electrons. The maximum absolute atomic E-state index is 12.2. The van der Waals surface area contributed by atoms with E-state index >= 15 is 0 Å². The minimum Gasteiger partial charge on any atom is -0.479 e. The lowest BCUT2D eigenvalue weighted by Gasteiger charge is -2.24. The second kappa shape index (κ2) is 5.37. The van der Waals surface area contributed by atoms with Crippen LogP contribution in [0.15, 0.2) is 24.3 Å². The number of hydrogen-bond acceptors (Lipinski definition) is 4. The quantitative estimate of drug-likeness (QED) is 0.768. The highest BCUT2D eigenvalue weighted by Crippen LogP contribution is 2.33. The number of ether oxygens (including phenoxy) is 1. The standard InChI is InChI=1S/C15H18N2O4/c18-13(17-15(14(19)20)5-6-21-9-15)7-10-8-16-12-4-2-1-3-11(10)12/h1-4,10,16H,5-9H2,(H,17,18)(H,19,20). The number of hydrogen-bond donors (Lipinski definition) is 3. The van der Waals surface area contributed by atoms with Gasteiger partial charge < -0.3 is 20.5 Å². The summed E-state index contributed by atoms with van der Waals surface area (Å²) in [5.41, 5.74) is 0.898. The first-order valence-corrected chi connectivity index (χ1v) is 7.06. The Balaban J connectivity index is 1.66. The second-order valence-electron chi connectivity index (χ2n) is 5.61. The largest absolute Gasteiger partial charge is 0.479 e. The molecular formula is C15H18N2O4. The van der Waals surface area contributed by atoms with Gasteiger partial charge in [0.05, 0.1) is 6.61 Å². The number of carboxylic acid groups (broad SMARTS) is 1. The van der Waals surface area contributed by atoms with E-state index in [-0.39, 0.29) is 24.9 Å². The van der Waals surface area contributed by atoms with Crippen molar-refractivity contribution in [2.75, 3.05) is 25.1 Å². The van der Waals surface area contributed by atoms with Crippen molar-refractivity contribution in [1.82, 2.24) is 5.32 Å². The zero-order chi connectivity index (χ0) is 14.9. The van der Waals surface area contributed by atoms with Crippen LogP contribution in [-0.4, -0.2) is 42.3 Å². The molecule has 0 saturated carbocycles. The Morgan fingerprint density at radius 3 is 2.95 bits per heavy atom. The van der Waals surface area contributed by atoms with Crippen LogP contribution in [0.5, 0.6) is 0 Å². The van der Waals surface area contributed by atoms with Crippen LogP contribution in [-0.2, 0) is 14.3 Å². The summed E-state index contributed by atoms with van der Waals surface area (Å²) in [6.07, 6.45) is 0.590. The lowest BCUT2D eigenvalue weighted by atomic mass is 9.95. The molecule has 0 spiro atoms. The second-order valence-corrected chi connectivity index (χ2v) is 5.61. The Hall–Kier alpha value is -2.08. The average Bonchev–Trinajstić information content (AvgIpc) is 3.08. The summed E-state index contributed by atoms with van der Waals surface area (Å²) >= 11 is 0. The molecule has 0 aromatic heterocycles. The Labute approximate surface area is 122 Å². The molecule has 2 atom stereocenters. The van der Waals surface area contributed by atoms with E-state index in [4.69, 9.17) is 4.74 Å². The van der Waals surface area contributed by atoms with Crippen LogP contribution < -0.4 is 10.6 Å². The van der Waals surface area contributed by atoms with Crippen LogP contribution in [0.2, 0.25) is 0 Å². The average molecular weight is 290 g/mol. The van der Waals surface area contributed by atoms with Gasteiger partial charge in [-0.05, 0) is 11.6 Å². The van der Waals surface area contributed by atoms with Crippen LogP contribution in [0.4, 0.5) is 5.69 Å². The van der Waals surface area contributed by atoms with Crippen molar-refractivity contribution in [3.8, 4) is 0 Å². The van der Waals surface area contributed by atoms with Crippen molar-refractivity contribution in [2.24, 2.45) is 0 Å². The lowest BCUT2D eigenvalue weighted by Crippen LogP contribution is -2.55. The summed E-state index contributed by atoms with van der Waals surface area (Å²) in [5.74, 6) is -1.20. The number of carboxylic acids is 1. The summed E-state index contributed by atoms with van der Waals surface area (Å²) < 4.78 is 5.14. The first-order chi connectivity index (χ1) is 10.1. The molecule has 6 nitrogen and oxygen atoms in total. The van der Waals surface area contributed by atoms with E-state index in [1.165, 1.54) is 0 Å². The number of fused-ring (bicyclic) bond motifs is 1. The molecule has 2 heterocycles. The van der Waals surface area contributed by atoms with E-state index in [9.17, 15) is 14.7 Å². The van der Waals surface area contributed by atoms with E-state index in [0.29, 0.717) is 19.6 Å². The number of rotatable bonds is 4. The molecule has 0 aliphatic carbocycles. The predicted molar refractivity (Wildman–Crippen MR) is 76.2 cm³/mol. The normalized spacial score (nSPS) is 27.0. The van der Waals surface area contributed by atoms with Gasteiger partial charge in [-0.2, -0.15) is 0 Å². The molecule has 0 bridgehead atoms. The van der Waals surface area contributed by atoms with Crippen molar-refractivity contribution in [3.05, 3.63) is 29.8 Å². The SMILES string of the molecule is O=C(CC1CNc2ccccc21)NC1(C(=O)O)CCOC1. The molecule has 2 aliphatic rings. The molecule has 112 valence electrons. The van der Waals surface area contributed by atoms with Gasteiger partial charge in [-0.15, -0.1) is 0 Å². The van der Waals surface area contributed by atoms with Crippen molar-refractivity contribution < 1.29 is 19.4 Å². The highest BCUT2D eigenvalue weighted by Gasteiger charge is 2.44. The number of carbonyl (C=O) groups excluding carboxylic acids is 1. The number of anilines is 1. The monoisotopic (exact) mass is 290 g/mol. The van der Waals surface area contributed by atoms with Gasteiger partial charge in [0.1, 0.15) is 0 Å². The van der Waals surface area contributed by atoms with Gasteiger partial charge in [-0.25, -0.2) is 4.79 Å². The van der Waals surface area contributed by atoms with Crippen LogP contribution in [0.25, 0.3) is 0 Å². The summed E-state index contributed by atoms with van der Waals surface area (Å²) in [7, 11) is 0. The summed E-state index contributed by atoms with van der Waals surface area (Å²) in [6, 6.07) is 7.87. The maximum Gasteiger partial charge on any atom is 0.331 e. The number of nitrogens with one attached hydrogen (secondary N) is 2. The topological polar surface area (TPSA) is 87.7 Å². The minimum absolute atomic E-state index is 0.0353. The van der Waals surface area contributed by atoms with E-state index in [1.54, 1.807) is 0 Å². The van der Waals surface area contributed by atoms with E-state index < -0.39 is 11.5 Å². The Morgan fingerprint density at radius 1 is 1.43 bits per heavy atom. The lowest BCUT2D eigenvalue weighted by molar-refractivity contribution is -0.147. The molecule has 3 N–H and O–H groups in total. The zero-order valence-electron chi connectivity index (χ0n) is 11.6. The fourth-order valence-corrected chi connectivity index (χ4v) is 2.97. The highest BCUT2D eigenvalue weighted by molar-refractivity contribution is 5.88. The first-order valence-electron chi connectivity index (χ1n) is 7.06. The minimum atomic E-state index is -1.26. The predicted octanol–water partition coefficient (Wildman–Crippen LogP) is 0.946. The number of benzene rings is 1. The van der Waals surface area contributed by atoms with Crippen LogP contribution in [0, 0.1) is 0 Å².